The lowest BCUT2D eigenvalue weighted by molar-refractivity contribution is -0.119. The van der Waals surface area contributed by atoms with Crippen molar-refractivity contribution in [3.63, 3.8) is 0 Å². The SMILES string of the molecule is Cc1cc(Cl)c(S(=O)(=O)NC[C@H]2CCCO2)cc1OCC(N)=O. The Balaban J connectivity index is 2.18. The molecule has 1 atom stereocenters. The van der Waals surface area contributed by atoms with Gasteiger partial charge in [0.2, 0.25) is 10.0 Å². The molecular formula is C14H19ClN2O5S. The number of halogens is 1. The maximum Gasteiger partial charge on any atom is 0.255 e. The van der Waals surface area contributed by atoms with Crippen molar-refractivity contribution in [1.82, 2.24) is 4.72 Å². The highest BCUT2D eigenvalue weighted by Crippen LogP contribution is 2.30. The molecule has 128 valence electrons. The van der Waals surface area contributed by atoms with Crippen molar-refractivity contribution in [3.05, 3.63) is 22.7 Å². The Morgan fingerprint density at radius 3 is 2.87 bits per heavy atom. The van der Waals surface area contributed by atoms with Gasteiger partial charge < -0.3 is 15.2 Å². The normalized spacial score (nSPS) is 18.1. The largest absolute Gasteiger partial charge is 0.483 e. The molecule has 0 spiro atoms. The van der Waals surface area contributed by atoms with Gasteiger partial charge in [0.1, 0.15) is 10.6 Å². The van der Waals surface area contributed by atoms with Crippen molar-refractivity contribution in [1.29, 1.82) is 0 Å². The third-order valence-corrected chi connectivity index (χ3v) is 5.30. The van der Waals surface area contributed by atoms with Crippen molar-refractivity contribution < 1.29 is 22.7 Å². The number of sulfonamides is 1. The summed E-state index contributed by atoms with van der Waals surface area (Å²) in [5.74, 6) is -0.411. The van der Waals surface area contributed by atoms with Crippen LogP contribution >= 0.6 is 11.6 Å². The summed E-state index contributed by atoms with van der Waals surface area (Å²) in [6.45, 7) is 2.18. The number of aryl methyl sites for hydroxylation is 1. The summed E-state index contributed by atoms with van der Waals surface area (Å²) < 4.78 is 37.9. The molecule has 0 unspecified atom stereocenters. The van der Waals surface area contributed by atoms with Gasteiger partial charge in [0.15, 0.2) is 6.61 Å². The van der Waals surface area contributed by atoms with Gasteiger partial charge in [-0.25, -0.2) is 13.1 Å². The Morgan fingerprint density at radius 2 is 2.26 bits per heavy atom. The van der Waals surface area contributed by atoms with Gasteiger partial charge in [-0.2, -0.15) is 0 Å². The van der Waals surface area contributed by atoms with Crippen LogP contribution in [0.4, 0.5) is 0 Å². The molecule has 1 aliphatic rings. The number of ether oxygens (including phenoxy) is 2. The van der Waals surface area contributed by atoms with Gasteiger partial charge in [-0.1, -0.05) is 11.6 Å². The van der Waals surface area contributed by atoms with E-state index < -0.39 is 15.9 Å². The monoisotopic (exact) mass is 362 g/mol. The first-order chi connectivity index (χ1) is 10.8. The lowest BCUT2D eigenvalue weighted by Gasteiger charge is -2.14. The first-order valence-corrected chi connectivity index (χ1v) is 8.98. The highest BCUT2D eigenvalue weighted by atomic mass is 35.5. The Bertz CT molecular complexity index is 687. The summed E-state index contributed by atoms with van der Waals surface area (Å²) in [4.78, 5) is 10.7. The van der Waals surface area contributed by atoms with Crippen LogP contribution < -0.4 is 15.2 Å². The molecule has 1 aliphatic heterocycles. The van der Waals surface area contributed by atoms with E-state index in [4.69, 9.17) is 26.8 Å². The summed E-state index contributed by atoms with van der Waals surface area (Å²) in [5, 5.41) is 0.0776. The minimum absolute atomic E-state index is 0.0776. The number of rotatable bonds is 7. The molecule has 0 saturated carbocycles. The molecule has 23 heavy (non-hydrogen) atoms. The number of primary amides is 1. The topological polar surface area (TPSA) is 108 Å². The molecule has 0 aliphatic carbocycles. The van der Waals surface area contributed by atoms with Crippen molar-refractivity contribution in [2.24, 2.45) is 5.73 Å². The van der Waals surface area contributed by atoms with Gasteiger partial charge in [-0.15, -0.1) is 0 Å². The second-order valence-corrected chi connectivity index (χ2v) is 7.43. The van der Waals surface area contributed by atoms with Gasteiger partial charge in [0.25, 0.3) is 5.91 Å². The number of amides is 1. The molecule has 9 heteroatoms. The van der Waals surface area contributed by atoms with Crippen LogP contribution in [0.1, 0.15) is 18.4 Å². The second kappa shape index (κ2) is 7.48. The van der Waals surface area contributed by atoms with Gasteiger partial charge in [-0.05, 0) is 31.4 Å². The molecule has 2 rings (SSSR count). The fraction of sp³-hybridized carbons (Fsp3) is 0.500. The molecule has 0 aromatic heterocycles. The van der Waals surface area contributed by atoms with Crippen LogP contribution in [0.15, 0.2) is 17.0 Å². The van der Waals surface area contributed by atoms with E-state index in [-0.39, 0.29) is 34.9 Å². The van der Waals surface area contributed by atoms with E-state index in [1.807, 2.05) is 0 Å². The first-order valence-electron chi connectivity index (χ1n) is 7.12. The summed E-state index contributed by atoms with van der Waals surface area (Å²) in [5.41, 5.74) is 5.63. The number of hydrogen-bond acceptors (Lipinski definition) is 5. The molecule has 1 amide bonds. The van der Waals surface area contributed by atoms with E-state index in [2.05, 4.69) is 4.72 Å². The first kappa shape index (κ1) is 18.0. The van der Waals surface area contributed by atoms with Gasteiger partial charge >= 0.3 is 0 Å². The summed E-state index contributed by atoms with van der Waals surface area (Å²) in [7, 11) is -3.81. The molecule has 1 aromatic rings. The van der Waals surface area contributed by atoms with Crippen molar-refractivity contribution in [3.8, 4) is 5.75 Å². The maximum absolute atomic E-state index is 12.4. The quantitative estimate of drug-likeness (QED) is 0.751. The third-order valence-electron chi connectivity index (χ3n) is 3.41. The maximum atomic E-state index is 12.4. The molecule has 1 fully saturated rings. The van der Waals surface area contributed by atoms with Crippen molar-refractivity contribution in [2.75, 3.05) is 19.8 Å². The summed E-state index contributed by atoms with van der Waals surface area (Å²) in [6, 6.07) is 2.76. The van der Waals surface area contributed by atoms with E-state index in [0.717, 1.165) is 12.8 Å². The number of carbonyl (C=O) groups excluding carboxylic acids is 1. The molecule has 7 nitrogen and oxygen atoms in total. The van der Waals surface area contributed by atoms with E-state index in [9.17, 15) is 13.2 Å². The van der Waals surface area contributed by atoms with Gasteiger partial charge in [0, 0.05) is 19.2 Å². The second-order valence-electron chi connectivity index (χ2n) is 5.29. The van der Waals surface area contributed by atoms with E-state index in [0.29, 0.717) is 12.2 Å². The highest BCUT2D eigenvalue weighted by molar-refractivity contribution is 7.89. The van der Waals surface area contributed by atoms with Crippen molar-refractivity contribution >= 4 is 27.5 Å². The zero-order chi connectivity index (χ0) is 17.0. The van der Waals surface area contributed by atoms with Gasteiger partial charge in [0.05, 0.1) is 11.1 Å². The Labute approximate surface area is 140 Å². The van der Waals surface area contributed by atoms with E-state index in [1.54, 1.807) is 6.92 Å². The van der Waals surface area contributed by atoms with Crippen LogP contribution in [0.25, 0.3) is 0 Å². The summed E-state index contributed by atoms with van der Waals surface area (Å²) in [6.07, 6.45) is 1.61. The fourth-order valence-corrected chi connectivity index (χ4v) is 3.89. The van der Waals surface area contributed by atoms with Crippen molar-refractivity contribution in [2.45, 2.75) is 30.8 Å². The molecular weight excluding hydrogens is 344 g/mol. The zero-order valence-corrected chi connectivity index (χ0v) is 14.2. The molecule has 1 heterocycles. The van der Waals surface area contributed by atoms with Crippen LogP contribution in [-0.4, -0.2) is 40.2 Å². The standard InChI is InChI=1S/C14H19ClN2O5S/c1-9-5-11(15)13(6-12(9)22-8-14(16)18)23(19,20)17-7-10-3-2-4-21-10/h5-6,10,17H,2-4,7-8H2,1H3,(H2,16,18)/t10-/m1/s1. The number of benzene rings is 1. The van der Waals surface area contributed by atoms with Crippen LogP contribution in [0.2, 0.25) is 5.02 Å². The number of nitrogens with one attached hydrogen (secondary N) is 1. The van der Waals surface area contributed by atoms with E-state index in [1.165, 1.54) is 12.1 Å². The Kier molecular flexibility index (Phi) is 5.85. The minimum Gasteiger partial charge on any atom is -0.483 e. The molecule has 3 N–H and O–H groups in total. The number of hydrogen-bond donors (Lipinski definition) is 2. The van der Waals surface area contributed by atoms with Gasteiger partial charge in [-0.3, -0.25) is 4.79 Å². The number of nitrogens with two attached hydrogens (primary N) is 1. The zero-order valence-electron chi connectivity index (χ0n) is 12.7. The highest BCUT2D eigenvalue weighted by Gasteiger charge is 2.23. The number of carbonyl (C=O) groups is 1. The smallest absolute Gasteiger partial charge is 0.255 e. The third kappa shape index (κ3) is 4.81. The van der Waals surface area contributed by atoms with Crippen LogP contribution in [0.3, 0.4) is 0 Å². The molecule has 1 saturated heterocycles. The lowest BCUT2D eigenvalue weighted by atomic mass is 10.2. The summed E-state index contributed by atoms with van der Waals surface area (Å²) >= 11 is 6.05. The predicted molar refractivity (Wildman–Crippen MR) is 85.0 cm³/mol. The Morgan fingerprint density at radius 1 is 1.52 bits per heavy atom. The molecule has 0 radical (unpaired) electrons. The Hall–Kier alpha value is -1.35. The minimum atomic E-state index is -3.81. The van der Waals surface area contributed by atoms with Crippen LogP contribution in [0.5, 0.6) is 5.75 Å². The van der Waals surface area contributed by atoms with Crippen LogP contribution in [-0.2, 0) is 19.6 Å². The lowest BCUT2D eigenvalue weighted by Crippen LogP contribution is -2.32. The average molecular weight is 363 g/mol. The molecule has 0 bridgehead atoms. The van der Waals surface area contributed by atoms with Crippen LogP contribution in [0, 0.1) is 6.92 Å². The fourth-order valence-electron chi connectivity index (χ4n) is 2.23. The predicted octanol–water partition coefficient (Wildman–Crippen LogP) is 0.970. The van der Waals surface area contributed by atoms with E-state index >= 15 is 0 Å². The molecule has 1 aromatic carbocycles. The average Bonchev–Trinajstić information content (AvgIpc) is 2.97.